The molecule has 0 aliphatic heterocycles. The summed E-state index contributed by atoms with van der Waals surface area (Å²) >= 11 is 0. The Labute approximate surface area is 86.1 Å². The standard InChI is InChI=1S/C8H7F5N2O/c9-6(10)4-2-15-7(16)5(3(4)1-14)8(11,12)13/h2,6H,1,14H2,(H,15,16). The van der Waals surface area contributed by atoms with E-state index in [2.05, 4.69) is 0 Å². The number of rotatable bonds is 2. The molecule has 0 atom stereocenters. The summed E-state index contributed by atoms with van der Waals surface area (Å²) in [5.41, 5.74) is 0.0574. The fraction of sp³-hybridized carbons (Fsp3) is 0.375. The number of aromatic amines is 1. The molecule has 3 nitrogen and oxygen atoms in total. The number of hydrogen-bond acceptors (Lipinski definition) is 2. The summed E-state index contributed by atoms with van der Waals surface area (Å²) in [6, 6.07) is 0. The highest BCUT2D eigenvalue weighted by atomic mass is 19.4. The molecule has 0 fully saturated rings. The number of aromatic nitrogens is 1. The van der Waals surface area contributed by atoms with E-state index in [4.69, 9.17) is 5.73 Å². The minimum absolute atomic E-state index is 0.546. The zero-order chi connectivity index (χ0) is 12.5. The molecule has 0 saturated carbocycles. The van der Waals surface area contributed by atoms with Gasteiger partial charge in [-0.05, 0) is 5.56 Å². The Morgan fingerprint density at radius 3 is 2.31 bits per heavy atom. The number of halogens is 5. The van der Waals surface area contributed by atoms with Crippen molar-refractivity contribution in [1.29, 1.82) is 0 Å². The summed E-state index contributed by atoms with van der Waals surface area (Å²) in [6.45, 7) is -0.779. The van der Waals surface area contributed by atoms with Crippen LogP contribution in [-0.2, 0) is 12.7 Å². The molecule has 0 aromatic carbocycles. The smallest absolute Gasteiger partial charge is 0.328 e. The van der Waals surface area contributed by atoms with E-state index in [1.54, 1.807) is 4.98 Å². The quantitative estimate of drug-likeness (QED) is 0.777. The van der Waals surface area contributed by atoms with Gasteiger partial charge in [0, 0.05) is 18.3 Å². The van der Waals surface area contributed by atoms with E-state index in [1.807, 2.05) is 0 Å². The Balaban J connectivity index is 3.58. The predicted molar refractivity (Wildman–Crippen MR) is 44.9 cm³/mol. The van der Waals surface area contributed by atoms with Crippen LogP contribution >= 0.6 is 0 Å². The summed E-state index contributed by atoms with van der Waals surface area (Å²) in [7, 11) is 0. The third-order valence-corrected chi connectivity index (χ3v) is 1.96. The third kappa shape index (κ3) is 2.21. The lowest BCUT2D eigenvalue weighted by atomic mass is 10.0. The molecular formula is C8H7F5N2O. The first kappa shape index (κ1) is 12.6. The highest BCUT2D eigenvalue weighted by Crippen LogP contribution is 2.32. The predicted octanol–water partition coefficient (Wildman–Crippen LogP) is 1.79. The summed E-state index contributed by atoms with van der Waals surface area (Å²) < 4.78 is 62.0. The van der Waals surface area contributed by atoms with Gasteiger partial charge in [0.15, 0.2) is 0 Å². The summed E-state index contributed by atoms with van der Waals surface area (Å²) in [5, 5.41) is 0. The first-order chi connectivity index (χ1) is 7.29. The normalized spacial score (nSPS) is 12.2. The molecule has 3 N–H and O–H groups in total. The van der Waals surface area contributed by atoms with Gasteiger partial charge in [-0.3, -0.25) is 4.79 Å². The minimum Gasteiger partial charge on any atom is -0.328 e. The Hall–Kier alpha value is -1.44. The van der Waals surface area contributed by atoms with Crippen LogP contribution in [0.25, 0.3) is 0 Å². The average Bonchev–Trinajstić information content (AvgIpc) is 2.14. The van der Waals surface area contributed by atoms with E-state index in [-0.39, 0.29) is 0 Å². The van der Waals surface area contributed by atoms with Crippen molar-refractivity contribution in [3.05, 3.63) is 33.2 Å². The van der Waals surface area contributed by atoms with E-state index < -0.39 is 41.4 Å². The number of H-pyrrole nitrogens is 1. The highest BCUT2D eigenvalue weighted by Gasteiger charge is 2.38. The summed E-state index contributed by atoms with van der Waals surface area (Å²) in [5.74, 6) is 0. The number of alkyl halides is 5. The van der Waals surface area contributed by atoms with E-state index >= 15 is 0 Å². The highest BCUT2D eigenvalue weighted by molar-refractivity contribution is 5.34. The van der Waals surface area contributed by atoms with Crippen LogP contribution in [0.1, 0.15) is 23.1 Å². The van der Waals surface area contributed by atoms with Crippen molar-refractivity contribution in [3.8, 4) is 0 Å². The monoisotopic (exact) mass is 242 g/mol. The number of pyridine rings is 1. The largest absolute Gasteiger partial charge is 0.422 e. The van der Waals surface area contributed by atoms with Gasteiger partial charge in [-0.2, -0.15) is 13.2 Å². The molecule has 0 spiro atoms. The Morgan fingerprint density at radius 1 is 1.38 bits per heavy atom. The molecule has 90 valence electrons. The fourth-order valence-electron chi connectivity index (χ4n) is 1.30. The minimum atomic E-state index is -5.01. The van der Waals surface area contributed by atoms with Crippen molar-refractivity contribution < 1.29 is 22.0 Å². The lowest BCUT2D eigenvalue weighted by Crippen LogP contribution is -2.26. The van der Waals surface area contributed by atoms with Crippen LogP contribution in [0.5, 0.6) is 0 Å². The second-order valence-electron chi connectivity index (χ2n) is 2.93. The van der Waals surface area contributed by atoms with Crippen LogP contribution in [0, 0.1) is 0 Å². The molecule has 0 unspecified atom stereocenters. The second kappa shape index (κ2) is 4.20. The van der Waals surface area contributed by atoms with Crippen LogP contribution < -0.4 is 11.3 Å². The molecular weight excluding hydrogens is 235 g/mol. The second-order valence-corrected chi connectivity index (χ2v) is 2.93. The lowest BCUT2D eigenvalue weighted by molar-refractivity contribution is -0.139. The molecule has 16 heavy (non-hydrogen) atoms. The fourth-order valence-corrected chi connectivity index (χ4v) is 1.30. The number of nitrogens with two attached hydrogens (primary N) is 1. The van der Waals surface area contributed by atoms with E-state index in [0.717, 1.165) is 0 Å². The van der Waals surface area contributed by atoms with E-state index in [9.17, 15) is 26.7 Å². The maximum absolute atomic E-state index is 12.4. The Bertz CT molecular complexity index is 437. The van der Waals surface area contributed by atoms with Gasteiger partial charge in [0.1, 0.15) is 5.56 Å². The number of nitrogens with one attached hydrogen (secondary N) is 1. The third-order valence-electron chi connectivity index (χ3n) is 1.96. The van der Waals surface area contributed by atoms with Crippen LogP contribution in [0.15, 0.2) is 11.0 Å². The van der Waals surface area contributed by atoms with Gasteiger partial charge in [0.25, 0.3) is 12.0 Å². The van der Waals surface area contributed by atoms with Crippen LogP contribution in [-0.4, -0.2) is 4.98 Å². The Kier molecular flexibility index (Phi) is 3.32. The van der Waals surface area contributed by atoms with Gasteiger partial charge >= 0.3 is 6.18 Å². The SMILES string of the molecule is NCc1c(C(F)F)c[nH]c(=O)c1C(F)(F)F. The molecule has 1 aromatic heterocycles. The van der Waals surface area contributed by atoms with Crippen molar-refractivity contribution in [2.24, 2.45) is 5.73 Å². The molecule has 1 heterocycles. The molecule has 0 aliphatic rings. The first-order valence-electron chi connectivity index (χ1n) is 4.09. The Morgan fingerprint density at radius 2 is 1.94 bits per heavy atom. The van der Waals surface area contributed by atoms with Crippen LogP contribution in [0.2, 0.25) is 0 Å². The van der Waals surface area contributed by atoms with E-state index in [0.29, 0.717) is 6.20 Å². The molecule has 0 aliphatic carbocycles. The van der Waals surface area contributed by atoms with Crippen molar-refractivity contribution in [1.82, 2.24) is 4.98 Å². The molecule has 8 heteroatoms. The van der Waals surface area contributed by atoms with Crippen molar-refractivity contribution in [2.75, 3.05) is 0 Å². The maximum Gasteiger partial charge on any atom is 0.422 e. The first-order valence-corrected chi connectivity index (χ1v) is 4.09. The van der Waals surface area contributed by atoms with Crippen LogP contribution in [0.4, 0.5) is 22.0 Å². The van der Waals surface area contributed by atoms with Gasteiger partial charge in [0.05, 0.1) is 0 Å². The summed E-state index contributed by atoms with van der Waals surface area (Å²) in [4.78, 5) is 12.6. The van der Waals surface area contributed by atoms with Crippen LogP contribution in [0.3, 0.4) is 0 Å². The van der Waals surface area contributed by atoms with E-state index in [1.165, 1.54) is 0 Å². The maximum atomic E-state index is 12.4. The molecule has 1 aromatic rings. The van der Waals surface area contributed by atoms with Crippen molar-refractivity contribution in [2.45, 2.75) is 19.1 Å². The zero-order valence-electron chi connectivity index (χ0n) is 7.74. The molecule has 0 bridgehead atoms. The topological polar surface area (TPSA) is 58.9 Å². The van der Waals surface area contributed by atoms with Gasteiger partial charge in [-0.1, -0.05) is 0 Å². The van der Waals surface area contributed by atoms with Crippen molar-refractivity contribution >= 4 is 0 Å². The van der Waals surface area contributed by atoms with Gasteiger partial charge in [-0.25, -0.2) is 8.78 Å². The van der Waals surface area contributed by atoms with Crippen molar-refractivity contribution in [3.63, 3.8) is 0 Å². The molecule has 0 radical (unpaired) electrons. The van der Waals surface area contributed by atoms with Gasteiger partial charge in [-0.15, -0.1) is 0 Å². The van der Waals surface area contributed by atoms with Gasteiger partial charge in [0.2, 0.25) is 0 Å². The molecule has 1 rings (SSSR count). The zero-order valence-corrected chi connectivity index (χ0v) is 7.74. The molecule has 0 amide bonds. The van der Waals surface area contributed by atoms with Gasteiger partial charge < -0.3 is 10.7 Å². The number of hydrogen-bond donors (Lipinski definition) is 2. The lowest BCUT2D eigenvalue weighted by Gasteiger charge is -2.13. The summed E-state index contributed by atoms with van der Waals surface area (Å²) in [6.07, 6.45) is -7.59. The molecule has 0 saturated heterocycles. The average molecular weight is 242 g/mol.